The van der Waals surface area contributed by atoms with Crippen LogP contribution in [0.1, 0.15) is 12.0 Å². The number of amides is 1. The normalized spacial score (nSPS) is 8.93. The molecule has 1 amide bonds. The van der Waals surface area contributed by atoms with Crippen LogP contribution in [0.3, 0.4) is 0 Å². The fourth-order valence-electron chi connectivity index (χ4n) is 0.971. The van der Waals surface area contributed by atoms with Crippen molar-refractivity contribution in [2.45, 2.75) is 6.42 Å². The fraction of sp³-hybridized carbons (Fsp3) is 0.182. The third-order valence-electron chi connectivity index (χ3n) is 1.65. The summed E-state index contributed by atoms with van der Waals surface area (Å²) < 4.78 is 5.97. The number of benzene rings is 1. The van der Waals surface area contributed by atoms with Gasteiger partial charge in [0.1, 0.15) is 5.75 Å². The van der Waals surface area contributed by atoms with Gasteiger partial charge in [-0.3, -0.25) is 4.79 Å². The Morgan fingerprint density at radius 2 is 2.33 bits per heavy atom. The minimum Gasteiger partial charge on any atom is -0.496 e. The molecule has 2 N–H and O–H groups in total. The van der Waals surface area contributed by atoms with Crippen LogP contribution in [0.15, 0.2) is 22.7 Å². The molecule has 15 heavy (non-hydrogen) atoms. The third kappa shape index (κ3) is 3.64. The van der Waals surface area contributed by atoms with E-state index in [-0.39, 0.29) is 6.42 Å². The molecule has 0 aliphatic carbocycles. The van der Waals surface area contributed by atoms with Crippen molar-refractivity contribution in [2.24, 2.45) is 5.73 Å². The number of nitrogens with two attached hydrogens (primary N) is 1. The first-order valence-electron chi connectivity index (χ1n) is 4.24. The topological polar surface area (TPSA) is 52.3 Å². The largest absolute Gasteiger partial charge is 0.496 e. The maximum Gasteiger partial charge on any atom is 0.229 e. The number of rotatable bonds is 2. The zero-order valence-electron chi connectivity index (χ0n) is 8.21. The predicted octanol–water partition coefficient (Wildman–Crippen LogP) is 1.68. The highest BCUT2D eigenvalue weighted by Gasteiger charge is 1.99. The smallest absolute Gasteiger partial charge is 0.229 e. The first-order chi connectivity index (χ1) is 7.13. The molecule has 1 rings (SSSR count). The van der Waals surface area contributed by atoms with E-state index >= 15 is 0 Å². The molecule has 0 saturated carbocycles. The van der Waals surface area contributed by atoms with Gasteiger partial charge in [0, 0.05) is 5.56 Å². The Morgan fingerprint density at radius 3 is 2.93 bits per heavy atom. The summed E-state index contributed by atoms with van der Waals surface area (Å²) in [7, 11) is 1.58. The van der Waals surface area contributed by atoms with Gasteiger partial charge in [-0.25, -0.2) is 0 Å². The minimum absolute atomic E-state index is 0.0678. The molecule has 0 atom stereocenters. The van der Waals surface area contributed by atoms with E-state index in [0.717, 1.165) is 10.0 Å². The van der Waals surface area contributed by atoms with Crippen molar-refractivity contribution >= 4 is 21.8 Å². The van der Waals surface area contributed by atoms with E-state index in [1.807, 2.05) is 12.1 Å². The molecule has 1 aromatic carbocycles. The molecule has 78 valence electrons. The molecule has 0 radical (unpaired) electrons. The monoisotopic (exact) mass is 267 g/mol. The zero-order valence-corrected chi connectivity index (χ0v) is 9.80. The summed E-state index contributed by atoms with van der Waals surface area (Å²) in [6, 6.07) is 5.46. The van der Waals surface area contributed by atoms with E-state index in [9.17, 15) is 4.79 Å². The number of ether oxygens (including phenoxy) is 1. The quantitative estimate of drug-likeness (QED) is 0.830. The summed E-state index contributed by atoms with van der Waals surface area (Å²) in [6.45, 7) is 0. The summed E-state index contributed by atoms with van der Waals surface area (Å²) in [5, 5.41) is 0. The lowest BCUT2D eigenvalue weighted by atomic mass is 10.2. The van der Waals surface area contributed by atoms with Gasteiger partial charge >= 0.3 is 0 Å². The molecule has 0 bridgehead atoms. The number of hydrogen-bond acceptors (Lipinski definition) is 2. The number of halogens is 1. The molecule has 0 aliphatic rings. The molecule has 3 nitrogen and oxygen atoms in total. The molecule has 0 spiro atoms. The van der Waals surface area contributed by atoms with Crippen LogP contribution in [-0.4, -0.2) is 13.0 Å². The van der Waals surface area contributed by atoms with E-state index in [1.54, 1.807) is 13.2 Å². The van der Waals surface area contributed by atoms with Crippen molar-refractivity contribution in [1.82, 2.24) is 0 Å². The van der Waals surface area contributed by atoms with Gasteiger partial charge in [0.15, 0.2) is 0 Å². The van der Waals surface area contributed by atoms with Gasteiger partial charge < -0.3 is 10.5 Å². The molecule has 0 aromatic heterocycles. The van der Waals surface area contributed by atoms with Crippen LogP contribution in [0.2, 0.25) is 0 Å². The van der Waals surface area contributed by atoms with E-state index in [4.69, 9.17) is 10.5 Å². The van der Waals surface area contributed by atoms with E-state index < -0.39 is 5.91 Å². The van der Waals surface area contributed by atoms with Crippen molar-refractivity contribution in [1.29, 1.82) is 0 Å². The van der Waals surface area contributed by atoms with Gasteiger partial charge in [0.2, 0.25) is 5.91 Å². The van der Waals surface area contributed by atoms with Crippen LogP contribution in [0.25, 0.3) is 0 Å². The molecule has 0 aliphatic heterocycles. The van der Waals surface area contributed by atoms with Crippen LogP contribution in [-0.2, 0) is 4.79 Å². The van der Waals surface area contributed by atoms with Gasteiger partial charge in [-0.15, -0.1) is 0 Å². The van der Waals surface area contributed by atoms with E-state index in [1.165, 1.54) is 0 Å². The summed E-state index contributed by atoms with van der Waals surface area (Å²) in [5.74, 6) is 5.79. The van der Waals surface area contributed by atoms with Crippen molar-refractivity contribution < 1.29 is 9.53 Å². The fourth-order valence-corrected chi connectivity index (χ4v) is 1.38. The number of primary amides is 1. The minimum atomic E-state index is -0.424. The molecule has 4 heteroatoms. The molecule has 0 heterocycles. The maximum atomic E-state index is 10.5. The van der Waals surface area contributed by atoms with Crippen LogP contribution >= 0.6 is 15.9 Å². The molecule has 0 saturated heterocycles. The van der Waals surface area contributed by atoms with Crippen LogP contribution in [0.4, 0.5) is 0 Å². The van der Waals surface area contributed by atoms with Crippen molar-refractivity contribution in [3.8, 4) is 17.6 Å². The number of carbonyl (C=O) groups is 1. The highest BCUT2D eigenvalue weighted by Crippen LogP contribution is 2.25. The number of carbonyl (C=O) groups excluding carboxylic acids is 1. The van der Waals surface area contributed by atoms with Gasteiger partial charge in [0.05, 0.1) is 18.0 Å². The predicted molar refractivity (Wildman–Crippen MR) is 61.4 cm³/mol. The Hall–Kier alpha value is -1.47. The standard InChI is InChI=1S/C11H10BrNO2/c1-15-10-7-8(5-6-9(10)12)3-2-4-11(13)14/h5-7H,4H2,1H3,(H2,13,14). The second-order valence-corrected chi connectivity index (χ2v) is 3.65. The lowest BCUT2D eigenvalue weighted by Crippen LogP contribution is -2.08. The summed E-state index contributed by atoms with van der Waals surface area (Å²) >= 11 is 3.33. The molecular weight excluding hydrogens is 258 g/mol. The Kier molecular flexibility index (Phi) is 4.19. The lowest BCUT2D eigenvalue weighted by molar-refractivity contribution is -0.117. The third-order valence-corrected chi connectivity index (χ3v) is 2.30. The number of hydrogen-bond donors (Lipinski definition) is 1. The zero-order chi connectivity index (χ0) is 11.3. The van der Waals surface area contributed by atoms with Crippen molar-refractivity contribution in [3.63, 3.8) is 0 Å². The van der Waals surface area contributed by atoms with E-state index in [2.05, 4.69) is 27.8 Å². The molecule has 0 fully saturated rings. The highest BCUT2D eigenvalue weighted by atomic mass is 79.9. The van der Waals surface area contributed by atoms with Crippen LogP contribution < -0.4 is 10.5 Å². The number of methoxy groups -OCH3 is 1. The van der Waals surface area contributed by atoms with Crippen LogP contribution in [0.5, 0.6) is 5.75 Å². The lowest BCUT2D eigenvalue weighted by Gasteiger charge is -2.02. The van der Waals surface area contributed by atoms with Gasteiger partial charge in [-0.05, 0) is 34.1 Å². The van der Waals surface area contributed by atoms with Crippen molar-refractivity contribution in [3.05, 3.63) is 28.2 Å². The average Bonchev–Trinajstić information content (AvgIpc) is 2.20. The second-order valence-electron chi connectivity index (χ2n) is 2.79. The first kappa shape index (κ1) is 11.6. The summed E-state index contributed by atoms with van der Waals surface area (Å²) in [4.78, 5) is 10.5. The summed E-state index contributed by atoms with van der Waals surface area (Å²) in [6.07, 6.45) is 0.0678. The Morgan fingerprint density at radius 1 is 1.60 bits per heavy atom. The van der Waals surface area contributed by atoms with Gasteiger partial charge in [0.25, 0.3) is 0 Å². The van der Waals surface area contributed by atoms with Crippen molar-refractivity contribution in [2.75, 3.05) is 7.11 Å². The SMILES string of the molecule is COc1cc(C#CCC(N)=O)ccc1Br. The van der Waals surface area contributed by atoms with Gasteiger partial charge in [-0.1, -0.05) is 11.8 Å². The molecular formula is C11H10BrNO2. The molecule has 0 unspecified atom stereocenters. The Bertz CT molecular complexity index is 432. The second kappa shape index (κ2) is 5.42. The maximum absolute atomic E-state index is 10.5. The van der Waals surface area contributed by atoms with Crippen LogP contribution in [0, 0.1) is 11.8 Å². The highest BCUT2D eigenvalue weighted by molar-refractivity contribution is 9.10. The average molecular weight is 268 g/mol. The Balaban J connectivity index is 2.85. The first-order valence-corrected chi connectivity index (χ1v) is 5.03. The van der Waals surface area contributed by atoms with E-state index in [0.29, 0.717) is 5.75 Å². The Labute approximate surface area is 96.7 Å². The van der Waals surface area contributed by atoms with Gasteiger partial charge in [-0.2, -0.15) is 0 Å². The molecule has 1 aromatic rings. The summed E-state index contributed by atoms with van der Waals surface area (Å²) in [5.41, 5.74) is 5.75.